The molecule has 2 heterocycles. The molecule has 0 amide bonds. The molecule has 110 valence electrons. The molecule has 1 aliphatic carbocycles. The summed E-state index contributed by atoms with van der Waals surface area (Å²) in [6.45, 7) is 2.19. The van der Waals surface area contributed by atoms with Gasteiger partial charge in [-0.3, -0.25) is 10.1 Å². The van der Waals surface area contributed by atoms with Crippen LogP contribution in [0.1, 0.15) is 24.1 Å². The first-order valence-corrected chi connectivity index (χ1v) is 7.56. The van der Waals surface area contributed by atoms with Crippen molar-refractivity contribution in [2.75, 3.05) is 10.6 Å². The SMILES string of the molecule is Cc1nc(N)nc(N(Cc2ccsc2)C2CC2)c1[N+](=O)[O-]. The topological polar surface area (TPSA) is 98.2 Å². The molecule has 7 nitrogen and oxygen atoms in total. The molecule has 0 bridgehead atoms. The first kappa shape index (κ1) is 13.7. The van der Waals surface area contributed by atoms with Crippen LogP contribution in [0.3, 0.4) is 0 Å². The van der Waals surface area contributed by atoms with Gasteiger partial charge in [0, 0.05) is 12.6 Å². The second-order valence-electron chi connectivity index (χ2n) is 5.09. The summed E-state index contributed by atoms with van der Waals surface area (Å²) in [5, 5.41) is 15.4. The van der Waals surface area contributed by atoms with Crippen LogP contribution in [0.2, 0.25) is 0 Å². The summed E-state index contributed by atoms with van der Waals surface area (Å²) in [5.41, 5.74) is 7.07. The minimum atomic E-state index is -0.424. The number of nitrogens with two attached hydrogens (primary N) is 1. The van der Waals surface area contributed by atoms with Gasteiger partial charge in [-0.05, 0) is 42.2 Å². The van der Waals surface area contributed by atoms with Crippen molar-refractivity contribution in [2.24, 2.45) is 0 Å². The molecule has 0 spiro atoms. The molecule has 1 fully saturated rings. The third kappa shape index (κ3) is 2.80. The van der Waals surface area contributed by atoms with Gasteiger partial charge in [0.25, 0.3) is 0 Å². The first-order chi connectivity index (χ1) is 10.1. The zero-order chi connectivity index (χ0) is 15.0. The normalized spacial score (nSPS) is 14.1. The van der Waals surface area contributed by atoms with E-state index in [1.54, 1.807) is 18.3 Å². The van der Waals surface area contributed by atoms with Crippen molar-refractivity contribution < 1.29 is 4.92 Å². The van der Waals surface area contributed by atoms with E-state index in [1.165, 1.54) is 0 Å². The number of nitrogen functional groups attached to an aromatic ring is 1. The number of nitro groups is 1. The van der Waals surface area contributed by atoms with E-state index in [0.29, 0.717) is 18.1 Å². The Bertz CT molecular complexity index is 669. The maximum atomic E-state index is 11.4. The van der Waals surface area contributed by atoms with Crippen LogP contribution in [0.4, 0.5) is 17.5 Å². The zero-order valence-corrected chi connectivity index (χ0v) is 12.3. The van der Waals surface area contributed by atoms with Crippen LogP contribution in [-0.4, -0.2) is 20.9 Å². The number of aryl methyl sites for hydroxylation is 1. The Hall–Kier alpha value is -2.22. The number of rotatable bonds is 5. The average Bonchev–Trinajstić information content (AvgIpc) is 3.11. The van der Waals surface area contributed by atoms with E-state index in [-0.39, 0.29) is 17.7 Å². The Morgan fingerprint density at radius 1 is 1.52 bits per heavy atom. The van der Waals surface area contributed by atoms with Crippen molar-refractivity contribution in [3.63, 3.8) is 0 Å². The van der Waals surface area contributed by atoms with Gasteiger partial charge in [-0.25, -0.2) is 4.98 Å². The second-order valence-corrected chi connectivity index (χ2v) is 5.87. The molecule has 2 aromatic rings. The fourth-order valence-corrected chi connectivity index (χ4v) is 2.99. The molecule has 3 rings (SSSR count). The van der Waals surface area contributed by atoms with Crippen molar-refractivity contribution >= 4 is 28.8 Å². The zero-order valence-electron chi connectivity index (χ0n) is 11.5. The summed E-state index contributed by atoms with van der Waals surface area (Å²) < 4.78 is 0. The Labute approximate surface area is 125 Å². The number of nitrogens with zero attached hydrogens (tertiary/aromatic N) is 4. The quantitative estimate of drug-likeness (QED) is 0.673. The predicted molar refractivity (Wildman–Crippen MR) is 81.4 cm³/mol. The Morgan fingerprint density at radius 3 is 2.86 bits per heavy atom. The molecule has 0 aromatic carbocycles. The Balaban J connectivity index is 2.04. The minimum Gasteiger partial charge on any atom is -0.368 e. The van der Waals surface area contributed by atoms with Crippen LogP contribution >= 0.6 is 11.3 Å². The highest BCUT2D eigenvalue weighted by molar-refractivity contribution is 7.07. The third-order valence-corrected chi connectivity index (χ3v) is 4.16. The van der Waals surface area contributed by atoms with Crippen LogP contribution in [0.5, 0.6) is 0 Å². The number of anilines is 2. The van der Waals surface area contributed by atoms with Gasteiger partial charge in [-0.15, -0.1) is 0 Å². The molecule has 0 saturated heterocycles. The van der Waals surface area contributed by atoms with Crippen molar-refractivity contribution in [1.29, 1.82) is 0 Å². The summed E-state index contributed by atoms with van der Waals surface area (Å²) in [7, 11) is 0. The molecule has 2 N–H and O–H groups in total. The first-order valence-electron chi connectivity index (χ1n) is 6.62. The lowest BCUT2D eigenvalue weighted by molar-refractivity contribution is -0.385. The summed E-state index contributed by atoms with van der Waals surface area (Å²) in [5.74, 6) is 0.405. The molecule has 0 atom stereocenters. The maximum Gasteiger partial charge on any atom is 0.332 e. The molecule has 0 unspecified atom stereocenters. The number of thiophene rings is 1. The van der Waals surface area contributed by atoms with Crippen molar-refractivity contribution in [2.45, 2.75) is 32.4 Å². The number of aromatic nitrogens is 2. The van der Waals surface area contributed by atoms with Gasteiger partial charge in [0.15, 0.2) is 0 Å². The van der Waals surface area contributed by atoms with E-state index in [9.17, 15) is 10.1 Å². The number of hydrogen-bond donors (Lipinski definition) is 1. The molecule has 1 saturated carbocycles. The fourth-order valence-electron chi connectivity index (χ4n) is 2.33. The smallest absolute Gasteiger partial charge is 0.332 e. The van der Waals surface area contributed by atoms with E-state index in [4.69, 9.17) is 5.73 Å². The van der Waals surface area contributed by atoms with E-state index in [0.717, 1.165) is 18.4 Å². The minimum absolute atomic E-state index is 0.0497. The lowest BCUT2D eigenvalue weighted by Gasteiger charge is -2.23. The van der Waals surface area contributed by atoms with Gasteiger partial charge < -0.3 is 10.6 Å². The van der Waals surface area contributed by atoms with E-state index >= 15 is 0 Å². The molecular weight excluding hydrogens is 290 g/mol. The standard InChI is InChI=1S/C13H15N5O2S/c1-8-11(18(19)20)12(16-13(14)15-8)17(10-2-3-10)6-9-4-5-21-7-9/h4-5,7,10H,2-3,6H2,1H3,(H2,14,15,16). The highest BCUT2D eigenvalue weighted by atomic mass is 32.1. The summed E-state index contributed by atoms with van der Waals surface area (Å²) in [6.07, 6.45) is 2.04. The molecular formula is C13H15N5O2S. The van der Waals surface area contributed by atoms with Gasteiger partial charge in [-0.2, -0.15) is 16.3 Å². The van der Waals surface area contributed by atoms with Gasteiger partial charge in [0.2, 0.25) is 11.8 Å². The molecule has 0 radical (unpaired) electrons. The highest BCUT2D eigenvalue weighted by Gasteiger charge is 2.35. The van der Waals surface area contributed by atoms with Crippen molar-refractivity contribution in [1.82, 2.24) is 9.97 Å². The summed E-state index contributed by atoms with van der Waals surface area (Å²) in [6, 6.07) is 2.31. The van der Waals surface area contributed by atoms with Crippen LogP contribution in [0.25, 0.3) is 0 Å². The van der Waals surface area contributed by atoms with Crippen LogP contribution in [0.15, 0.2) is 16.8 Å². The molecule has 21 heavy (non-hydrogen) atoms. The predicted octanol–water partition coefficient (Wildman–Crippen LogP) is 2.51. The van der Waals surface area contributed by atoms with Crippen LogP contribution in [-0.2, 0) is 6.54 Å². The Morgan fingerprint density at radius 2 is 2.29 bits per heavy atom. The molecule has 2 aromatic heterocycles. The number of hydrogen-bond acceptors (Lipinski definition) is 7. The van der Waals surface area contributed by atoms with E-state index in [2.05, 4.69) is 9.97 Å². The van der Waals surface area contributed by atoms with Crippen LogP contribution in [0, 0.1) is 17.0 Å². The third-order valence-electron chi connectivity index (χ3n) is 3.43. The monoisotopic (exact) mass is 305 g/mol. The largest absolute Gasteiger partial charge is 0.368 e. The highest BCUT2D eigenvalue weighted by Crippen LogP contribution is 2.38. The second kappa shape index (κ2) is 5.28. The van der Waals surface area contributed by atoms with Crippen molar-refractivity contribution in [3.8, 4) is 0 Å². The lowest BCUT2D eigenvalue weighted by atomic mass is 10.2. The van der Waals surface area contributed by atoms with Gasteiger partial charge >= 0.3 is 5.69 Å². The average molecular weight is 305 g/mol. The molecule has 8 heteroatoms. The fraction of sp³-hybridized carbons (Fsp3) is 0.385. The molecule has 0 aliphatic heterocycles. The van der Waals surface area contributed by atoms with Gasteiger partial charge in [0.05, 0.1) is 4.92 Å². The maximum absolute atomic E-state index is 11.4. The van der Waals surface area contributed by atoms with E-state index < -0.39 is 4.92 Å². The van der Waals surface area contributed by atoms with Gasteiger partial charge in [-0.1, -0.05) is 0 Å². The van der Waals surface area contributed by atoms with Crippen molar-refractivity contribution in [3.05, 3.63) is 38.2 Å². The summed E-state index contributed by atoms with van der Waals surface area (Å²) in [4.78, 5) is 21.0. The van der Waals surface area contributed by atoms with Gasteiger partial charge in [0.1, 0.15) is 5.69 Å². The van der Waals surface area contributed by atoms with E-state index in [1.807, 2.05) is 21.7 Å². The summed E-state index contributed by atoms with van der Waals surface area (Å²) >= 11 is 1.61. The molecule has 1 aliphatic rings. The lowest BCUT2D eigenvalue weighted by Crippen LogP contribution is -2.27. The van der Waals surface area contributed by atoms with Crippen LogP contribution < -0.4 is 10.6 Å². The Kier molecular flexibility index (Phi) is 3.46.